The van der Waals surface area contributed by atoms with Crippen LogP contribution in [0.15, 0.2) is 83.8 Å². The van der Waals surface area contributed by atoms with Gasteiger partial charge < -0.3 is 11.1 Å². The molecule has 3 aromatic rings. The summed E-state index contributed by atoms with van der Waals surface area (Å²) in [6.45, 7) is 0. The minimum atomic E-state index is -4.02. The number of amides is 2. The molecule has 0 saturated heterocycles. The van der Waals surface area contributed by atoms with Gasteiger partial charge in [0.05, 0.1) is 4.90 Å². The molecule has 3 aromatic carbocycles. The van der Waals surface area contributed by atoms with E-state index in [2.05, 4.69) is 10.0 Å². The molecule has 1 atom stereocenters. The van der Waals surface area contributed by atoms with Crippen LogP contribution in [0.5, 0.6) is 0 Å². The van der Waals surface area contributed by atoms with Crippen molar-refractivity contribution < 1.29 is 22.4 Å². The smallest absolute Gasteiger partial charge is 0.261 e. The van der Waals surface area contributed by atoms with Crippen molar-refractivity contribution in [1.29, 1.82) is 0 Å². The Morgan fingerprint density at radius 1 is 0.900 bits per heavy atom. The summed E-state index contributed by atoms with van der Waals surface area (Å²) in [7, 11) is -4.02. The maximum atomic E-state index is 13.0. The van der Waals surface area contributed by atoms with Crippen molar-refractivity contribution in [3.8, 4) is 0 Å². The highest BCUT2D eigenvalue weighted by atomic mass is 32.2. The molecule has 1 unspecified atom stereocenters. The van der Waals surface area contributed by atoms with Gasteiger partial charge in [0, 0.05) is 11.3 Å². The zero-order valence-electron chi connectivity index (χ0n) is 15.6. The third-order valence-electron chi connectivity index (χ3n) is 4.20. The number of anilines is 1. The molecule has 0 fully saturated rings. The van der Waals surface area contributed by atoms with E-state index < -0.39 is 33.7 Å². The van der Waals surface area contributed by atoms with Gasteiger partial charge in [0.15, 0.2) is 0 Å². The number of hydrogen-bond donors (Lipinski definition) is 3. The Hall–Kier alpha value is -3.72. The van der Waals surface area contributed by atoms with Crippen molar-refractivity contribution in [2.24, 2.45) is 5.73 Å². The van der Waals surface area contributed by atoms with Crippen molar-refractivity contribution in [2.45, 2.75) is 10.9 Å². The van der Waals surface area contributed by atoms with Crippen LogP contribution in [0.1, 0.15) is 22.0 Å². The first-order valence-electron chi connectivity index (χ1n) is 8.80. The van der Waals surface area contributed by atoms with E-state index >= 15 is 0 Å². The maximum Gasteiger partial charge on any atom is 0.261 e. The van der Waals surface area contributed by atoms with E-state index in [1.54, 1.807) is 30.3 Å². The Labute approximate surface area is 172 Å². The highest BCUT2D eigenvalue weighted by Crippen LogP contribution is 2.19. The van der Waals surface area contributed by atoms with Crippen molar-refractivity contribution >= 4 is 27.5 Å². The molecule has 0 bridgehead atoms. The zero-order chi connectivity index (χ0) is 21.7. The number of hydrogen-bond acceptors (Lipinski definition) is 4. The number of carbonyl (C=O) groups excluding carboxylic acids is 2. The number of halogens is 1. The normalized spacial score (nSPS) is 12.0. The number of primary amides is 1. The second kappa shape index (κ2) is 8.75. The molecule has 4 N–H and O–H groups in total. The summed E-state index contributed by atoms with van der Waals surface area (Å²) in [5, 5.41) is 2.51. The first-order chi connectivity index (χ1) is 14.3. The summed E-state index contributed by atoms with van der Waals surface area (Å²) in [5.74, 6) is -1.92. The molecule has 0 aliphatic carbocycles. The fraction of sp³-hybridized carbons (Fsp3) is 0.0476. The molecular formula is C21H18FN3O4S. The lowest BCUT2D eigenvalue weighted by atomic mass is 10.1. The molecule has 0 aromatic heterocycles. The highest BCUT2D eigenvalue weighted by Gasteiger charge is 2.22. The minimum absolute atomic E-state index is 0.0270. The second-order valence-electron chi connectivity index (χ2n) is 6.36. The molecule has 0 aliphatic heterocycles. The lowest BCUT2D eigenvalue weighted by molar-refractivity contribution is -0.120. The summed E-state index contributed by atoms with van der Waals surface area (Å²) >= 11 is 0. The fourth-order valence-corrected chi connectivity index (χ4v) is 3.82. The summed E-state index contributed by atoms with van der Waals surface area (Å²) < 4.78 is 40.5. The molecule has 0 heterocycles. The van der Waals surface area contributed by atoms with E-state index in [0.29, 0.717) is 5.56 Å². The Morgan fingerprint density at radius 3 is 2.20 bits per heavy atom. The number of nitrogens with two attached hydrogens (primary N) is 1. The van der Waals surface area contributed by atoms with E-state index in [0.717, 1.165) is 12.1 Å². The van der Waals surface area contributed by atoms with E-state index in [-0.39, 0.29) is 16.1 Å². The number of sulfonamides is 1. The predicted molar refractivity (Wildman–Crippen MR) is 109 cm³/mol. The van der Waals surface area contributed by atoms with Gasteiger partial charge in [0.2, 0.25) is 5.91 Å². The largest absolute Gasteiger partial charge is 0.368 e. The molecule has 9 heteroatoms. The van der Waals surface area contributed by atoms with Crippen LogP contribution >= 0.6 is 0 Å². The Bertz CT molecular complexity index is 1170. The van der Waals surface area contributed by atoms with Crippen LogP contribution in [0, 0.1) is 5.82 Å². The first kappa shape index (κ1) is 21.0. The van der Waals surface area contributed by atoms with E-state index in [9.17, 15) is 22.4 Å². The van der Waals surface area contributed by atoms with Gasteiger partial charge in [0.25, 0.3) is 15.9 Å². The standard InChI is InChI=1S/C21H18FN3O4S/c22-16-9-11-17(12-10-16)25-30(28,29)18-8-4-7-15(13-18)21(27)24-19(20(23)26)14-5-2-1-3-6-14/h1-13,19,25H,(H2,23,26)(H,24,27). The number of carbonyl (C=O) groups is 2. The van der Waals surface area contributed by atoms with Gasteiger partial charge in [-0.1, -0.05) is 36.4 Å². The van der Waals surface area contributed by atoms with Crippen LogP contribution in [0.2, 0.25) is 0 Å². The number of benzene rings is 3. The summed E-state index contributed by atoms with van der Waals surface area (Å²) in [6.07, 6.45) is 0. The molecule has 0 spiro atoms. The molecule has 0 aliphatic rings. The van der Waals surface area contributed by atoms with Crippen LogP contribution in [-0.4, -0.2) is 20.2 Å². The highest BCUT2D eigenvalue weighted by molar-refractivity contribution is 7.92. The van der Waals surface area contributed by atoms with E-state index in [1.165, 1.54) is 36.4 Å². The van der Waals surface area contributed by atoms with Gasteiger partial charge in [-0.15, -0.1) is 0 Å². The number of nitrogens with one attached hydrogen (secondary N) is 2. The van der Waals surface area contributed by atoms with Crippen LogP contribution in [0.3, 0.4) is 0 Å². The zero-order valence-corrected chi connectivity index (χ0v) is 16.4. The van der Waals surface area contributed by atoms with Gasteiger partial charge >= 0.3 is 0 Å². The quantitative estimate of drug-likeness (QED) is 0.537. The lowest BCUT2D eigenvalue weighted by Crippen LogP contribution is -2.37. The van der Waals surface area contributed by atoms with Crippen molar-refractivity contribution in [1.82, 2.24) is 5.32 Å². The molecular weight excluding hydrogens is 409 g/mol. The Balaban J connectivity index is 1.82. The molecule has 2 amide bonds. The molecule has 154 valence electrons. The van der Waals surface area contributed by atoms with Gasteiger partial charge in [-0.05, 0) is 48.0 Å². The number of rotatable bonds is 7. The fourth-order valence-electron chi connectivity index (χ4n) is 2.72. The lowest BCUT2D eigenvalue weighted by Gasteiger charge is -2.16. The van der Waals surface area contributed by atoms with Crippen LogP contribution in [0.25, 0.3) is 0 Å². The van der Waals surface area contributed by atoms with E-state index in [4.69, 9.17) is 5.73 Å². The summed E-state index contributed by atoms with van der Waals surface area (Å²) in [5.41, 5.74) is 6.10. The minimum Gasteiger partial charge on any atom is -0.368 e. The molecule has 7 nitrogen and oxygen atoms in total. The third kappa shape index (κ3) is 5.00. The summed E-state index contributed by atoms with van der Waals surface area (Å²) in [6, 6.07) is 17.5. The second-order valence-corrected chi connectivity index (χ2v) is 8.04. The topological polar surface area (TPSA) is 118 Å². The van der Waals surface area contributed by atoms with Crippen molar-refractivity contribution in [2.75, 3.05) is 4.72 Å². The van der Waals surface area contributed by atoms with Crippen LogP contribution in [-0.2, 0) is 14.8 Å². The van der Waals surface area contributed by atoms with Gasteiger partial charge in [-0.3, -0.25) is 14.3 Å². The van der Waals surface area contributed by atoms with Crippen LogP contribution in [0.4, 0.5) is 10.1 Å². The maximum absolute atomic E-state index is 13.0. The van der Waals surface area contributed by atoms with E-state index in [1.807, 2.05) is 0 Å². The Kier molecular flexibility index (Phi) is 6.12. The SMILES string of the molecule is NC(=O)C(NC(=O)c1cccc(S(=O)(=O)Nc2ccc(F)cc2)c1)c1ccccc1. The van der Waals surface area contributed by atoms with Gasteiger partial charge in [-0.25, -0.2) is 12.8 Å². The molecule has 0 saturated carbocycles. The molecule has 0 radical (unpaired) electrons. The average molecular weight is 427 g/mol. The Morgan fingerprint density at radius 2 is 1.57 bits per heavy atom. The van der Waals surface area contributed by atoms with Crippen molar-refractivity contribution in [3.05, 3.63) is 95.8 Å². The van der Waals surface area contributed by atoms with Crippen LogP contribution < -0.4 is 15.8 Å². The predicted octanol–water partition coefficient (Wildman–Crippen LogP) is 2.58. The molecule has 30 heavy (non-hydrogen) atoms. The average Bonchev–Trinajstić information content (AvgIpc) is 2.74. The first-order valence-corrected chi connectivity index (χ1v) is 10.3. The third-order valence-corrected chi connectivity index (χ3v) is 5.57. The van der Waals surface area contributed by atoms with Gasteiger partial charge in [0.1, 0.15) is 11.9 Å². The van der Waals surface area contributed by atoms with Gasteiger partial charge in [-0.2, -0.15) is 0 Å². The summed E-state index contributed by atoms with van der Waals surface area (Å²) in [4.78, 5) is 24.3. The monoisotopic (exact) mass is 427 g/mol. The van der Waals surface area contributed by atoms with Crippen molar-refractivity contribution in [3.63, 3.8) is 0 Å². The molecule has 3 rings (SSSR count).